The molecule has 3 heteroatoms. The maximum atomic E-state index is 5.17. The zero-order valence-electron chi connectivity index (χ0n) is 4.45. The first kappa shape index (κ1) is 7.52. The molecule has 0 atom stereocenters. The highest BCUT2D eigenvalue weighted by atomic mass is 127. The molecule has 0 spiro atoms. The number of halogens is 1. The highest BCUT2D eigenvalue weighted by molar-refractivity contribution is 14.2. The molecule has 0 amide bonds. The minimum absolute atomic E-state index is 0.125. The fourth-order valence-electron chi connectivity index (χ4n) is 0.176. The second-order valence-corrected chi connectivity index (χ2v) is 3.28. The largest absolute Gasteiger partial charge is 0.318 e. The lowest BCUT2D eigenvalue weighted by Crippen LogP contribution is -2.11. The minimum atomic E-state index is 0.125. The van der Waals surface area contributed by atoms with Crippen LogP contribution in [0.2, 0.25) is 0 Å². The van der Waals surface area contributed by atoms with Crippen molar-refractivity contribution >= 4 is 25.0 Å². The van der Waals surface area contributed by atoms with Crippen molar-refractivity contribution in [3.63, 3.8) is 0 Å². The Hall–Kier alpha value is 0.520. The molecule has 0 aromatic heterocycles. The van der Waals surface area contributed by atoms with Crippen LogP contribution in [-0.4, -0.2) is 10.7 Å². The van der Waals surface area contributed by atoms with E-state index in [2.05, 4.69) is 14.5 Å². The van der Waals surface area contributed by atoms with E-state index in [1.165, 1.54) is 6.42 Å². The van der Waals surface area contributed by atoms with Crippen molar-refractivity contribution in [2.45, 2.75) is 13.3 Å². The van der Waals surface area contributed by atoms with E-state index in [1.807, 2.05) is 0 Å². The lowest BCUT2D eigenvalue weighted by molar-refractivity contribution is 1.02. The van der Waals surface area contributed by atoms with Crippen LogP contribution in [0.1, 0.15) is 13.3 Å². The number of hydrogen-bond acceptors (Lipinski definition) is 2. The average Bonchev–Trinajstić information content (AvgIpc) is 1.69. The number of nitrogens with one attached hydrogen (secondary N) is 1. The standard InChI is InChI=1S/C4H11IN2/c1-2-3-5-7-4-6/h3,7H,2,4,6H2,1H3. The Kier molecular flexibility index (Phi) is 7.00. The van der Waals surface area contributed by atoms with Gasteiger partial charge in [0.1, 0.15) is 0 Å². The lowest BCUT2D eigenvalue weighted by atomic mass is 10.6. The molecule has 2 nitrogen and oxygen atoms in total. The Bertz CT molecular complexity index is 53.7. The summed E-state index contributed by atoms with van der Waals surface area (Å²) in [5.41, 5.74) is 5.17. The molecule has 0 aliphatic heterocycles. The van der Waals surface area contributed by atoms with Gasteiger partial charge in [-0.25, -0.2) is 0 Å². The molecule has 0 unspecified atom stereocenters. The summed E-state index contributed by atoms with van der Waals surface area (Å²) in [5, 5.41) is 0. The first-order chi connectivity index (χ1) is 3.41. The fraction of sp³-hybridized carbons (Fsp3) is 0.750. The van der Waals surface area contributed by atoms with Gasteiger partial charge in [-0.15, -0.1) is 0 Å². The van der Waals surface area contributed by atoms with E-state index in [4.69, 9.17) is 5.73 Å². The van der Waals surface area contributed by atoms with Crippen LogP contribution in [0.15, 0.2) is 0 Å². The van der Waals surface area contributed by atoms with Crippen LogP contribution >= 0.6 is 21.0 Å². The zero-order valence-corrected chi connectivity index (χ0v) is 6.60. The molecular weight excluding hydrogens is 203 g/mol. The molecule has 44 valence electrons. The SMILES string of the molecule is CCC=INCN. The normalized spacial score (nSPS) is 11.7. The Morgan fingerprint density at radius 2 is 2.57 bits per heavy atom. The highest BCUT2D eigenvalue weighted by Crippen LogP contribution is 1.83. The van der Waals surface area contributed by atoms with Gasteiger partial charge in [-0.2, -0.15) is 0 Å². The Balaban J connectivity index is 2.78. The summed E-state index contributed by atoms with van der Waals surface area (Å²) >= 11 is 0.125. The Labute approximate surface area is 54.6 Å². The van der Waals surface area contributed by atoms with Gasteiger partial charge in [0.15, 0.2) is 0 Å². The van der Waals surface area contributed by atoms with Crippen molar-refractivity contribution in [3.8, 4) is 0 Å². The van der Waals surface area contributed by atoms with Crippen LogP contribution in [0, 0.1) is 0 Å². The molecule has 0 aromatic rings. The maximum absolute atomic E-state index is 5.17. The summed E-state index contributed by atoms with van der Waals surface area (Å²) in [6.07, 6.45) is 1.17. The van der Waals surface area contributed by atoms with Crippen molar-refractivity contribution in [1.29, 1.82) is 0 Å². The molecule has 0 radical (unpaired) electrons. The van der Waals surface area contributed by atoms with Crippen molar-refractivity contribution in [2.75, 3.05) is 6.67 Å². The third kappa shape index (κ3) is 6.52. The van der Waals surface area contributed by atoms with Gasteiger partial charge >= 0.3 is 0 Å². The van der Waals surface area contributed by atoms with Crippen molar-refractivity contribution in [3.05, 3.63) is 0 Å². The topological polar surface area (TPSA) is 38.0 Å². The van der Waals surface area contributed by atoms with Gasteiger partial charge in [0.2, 0.25) is 0 Å². The molecule has 0 rings (SSSR count). The van der Waals surface area contributed by atoms with Crippen LogP contribution in [0.4, 0.5) is 0 Å². The van der Waals surface area contributed by atoms with E-state index in [-0.39, 0.29) is 21.0 Å². The minimum Gasteiger partial charge on any atom is -0.318 e. The third-order valence-corrected chi connectivity index (χ3v) is 2.59. The highest BCUT2D eigenvalue weighted by Gasteiger charge is 1.65. The van der Waals surface area contributed by atoms with Gasteiger partial charge in [-0.05, 0) is 31.4 Å². The number of rotatable bonds is 3. The zero-order chi connectivity index (χ0) is 5.54. The van der Waals surface area contributed by atoms with Crippen LogP contribution in [0.5, 0.6) is 0 Å². The van der Waals surface area contributed by atoms with Gasteiger partial charge in [0, 0.05) is 0 Å². The predicted molar refractivity (Wildman–Crippen MR) is 42.6 cm³/mol. The Morgan fingerprint density at radius 1 is 1.86 bits per heavy atom. The smallest absolute Gasteiger partial charge is 0.0515 e. The first-order valence-electron chi connectivity index (χ1n) is 2.28. The summed E-state index contributed by atoms with van der Waals surface area (Å²) in [5.74, 6) is 0. The van der Waals surface area contributed by atoms with E-state index in [0.717, 1.165) is 0 Å². The molecule has 0 aromatic carbocycles. The van der Waals surface area contributed by atoms with Crippen molar-refractivity contribution in [2.24, 2.45) is 5.73 Å². The second kappa shape index (κ2) is 6.52. The van der Waals surface area contributed by atoms with Gasteiger partial charge in [-0.3, -0.25) is 3.53 Å². The van der Waals surface area contributed by atoms with Crippen LogP contribution in [0.3, 0.4) is 0 Å². The van der Waals surface area contributed by atoms with E-state index in [0.29, 0.717) is 6.67 Å². The summed E-state index contributed by atoms with van der Waals surface area (Å²) in [6, 6.07) is 0. The summed E-state index contributed by atoms with van der Waals surface area (Å²) in [6.45, 7) is 2.77. The van der Waals surface area contributed by atoms with Gasteiger partial charge in [0.25, 0.3) is 0 Å². The summed E-state index contributed by atoms with van der Waals surface area (Å²) in [7, 11) is 0. The Morgan fingerprint density at radius 3 is 3.00 bits per heavy atom. The molecular formula is C4H11IN2. The molecule has 3 N–H and O–H groups in total. The second-order valence-electron chi connectivity index (χ2n) is 1.01. The lowest BCUT2D eigenvalue weighted by Gasteiger charge is -1.84. The molecule has 0 saturated heterocycles. The predicted octanol–water partition coefficient (Wildman–Crippen LogP) is 0.590. The van der Waals surface area contributed by atoms with E-state index in [1.54, 1.807) is 0 Å². The monoisotopic (exact) mass is 214 g/mol. The number of hydrogen-bond donors (Lipinski definition) is 2. The van der Waals surface area contributed by atoms with Gasteiger partial charge in [0.05, 0.1) is 6.67 Å². The van der Waals surface area contributed by atoms with Crippen molar-refractivity contribution in [1.82, 2.24) is 3.53 Å². The molecule has 0 saturated carbocycles. The molecule has 7 heavy (non-hydrogen) atoms. The first-order valence-corrected chi connectivity index (χ1v) is 4.61. The van der Waals surface area contributed by atoms with Gasteiger partial charge < -0.3 is 5.73 Å². The molecule has 0 fully saturated rings. The van der Waals surface area contributed by atoms with Crippen LogP contribution in [-0.2, 0) is 0 Å². The third-order valence-electron chi connectivity index (χ3n) is 0.386. The fourth-order valence-corrected chi connectivity index (χ4v) is 1.18. The molecule has 0 heterocycles. The summed E-state index contributed by atoms with van der Waals surface area (Å²) < 4.78 is 5.34. The van der Waals surface area contributed by atoms with Crippen LogP contribution < -0.4 is 9.26 Å². The van der Waals surface area contributed by atoms with E-state index in [9.17, 15) is 0 Å². The molecule has 0 bridgehead atoms. The van der Waals surface area contributed by atoms with Crippen molar-refractivity contribution < 1.29 is 0 Å². The number of nitrogens with two attached hydrogens (primary N) is 1. The van der Waals surface area contributed by atoms with Crippen LogP contribution in [0.25, 0.3) is 0 Å². The average molecular weight is 214 g/mol. The molecule has 0 aliphatic carbocycles. The van der Waals surface area contributed by atoms with E-state index < -0.39 is 0 Å². The maximum Gasteiger partial charge on any atom is 0.0515 e. The molecule has 0 aliphatic rings. The quantitative estimate of drug-likeness (QED) is 0.410. The van der Waals surface area contributed by atoms with E-state index >= 15 is 0 Å². The van der Waals surface area contributed by atoms with Gasteiger partial charge in [-0.1, -0.05) is 6.92 Å². The summed E-state index contributed by atoms with van der Waals surface area (Å²) in [4.78, 5) is 0.